The van der Waals surface area contributed by atoms with E-state index in [0.717, 1.165) is 36.2 Å². The first-order valence-electron chi connectivity index (χ1n) is 6.34. The van der Waals surface area contributed by atoms with E-state index < -0.39 is 0 Å². The fourth-order valence-electron chi connectivity index (χ4n) is 2.18. The summed E-state index contributed by atoms with van der Waals surface area (Å²) in [6.45, 7) is 8.11. The lowest BCUT2D eigenvalue weighted by atomic mass is 9.87. The van der Waals surface area contributed by atoms with Crippen LogP contribution in [-0.2, 0) is 0 Å². The zero-order chi connectivity index (χ0) is 14.3. The molecule has 0 saturated carbocycles. The first-order chi connectivity index (χ1) is 9.12. The molecule has 1 atom stereocenters. The Bertz CT molecular complexity index is 440. The van der Waals surface area contributed by atoms with E-state index in [2.05, 4.69) is 24.3 Å². The van der Waals surface area contributed by atoms with E-state index in [4.69, 9.17) is 5.14 Å². The Morgan fingerprint density at radius 3 is 2.58 bits per heavy atom. The molecule has 0 aliphatic rings. The van der Waals surface area contributed by atoms with Crippen LogP contribution < -0.4 is 9.86 Å². The van der Waals surface area contributed by atoms with Gasteiger partial charge in [0.05, 0.1) is 0 Å². The first kappa shape index (κ1) is 15.8. The summed E-state index contributed by atoms with van der Waals surface area (Å²) in [4.78, 5) is 0. The maximum absolute atomic E-state index is 13.0. The van der Waals surface area contributed by atoms with Crippen molar-refractivity contribution in [1.29, 1.82) is 0 Å². The summed E-state index contributed by atoms with van der Waals surface area (Å²) < 4.78 is 15.9. The lowest BCUT2D eigenvalue weighted by Crippen LogP contribution is -2.11. The van der Waals surface area contributed by atoms with Gasteiger partial charge < -0.3 is 4.72 Å². The molecule has 104 valence electrons. The molecule has 0 heterocycles. The van der Waals surface area contributed by atoms with Crippen molar-refractivity contribution in [1.82, 2.24) is 4.72 Å². The van der Waals surface area contributed by atoms with Gasteiger partial charge in [-0.25, -0.2) is 4.39 Å². The van der Waals surface area contributed by atoms with Crippen LogP contribution >= 0.6 is 12.1 Å². The van der Waals surface area contributed by atoms with Crippen LogP contribution in [0.15, 0.2) is 42.6 Å². The van der Waals surface area contributed by atoms with Gasteiger partial charge in [0.15, 0.2) is 0 Å². The molecule has 0 radical (unpaired) electrons. The summed E-state index contributed by atoms with van der Waals surface area (Å²) in [7, 11) is 0. The highest BCUT2D eigenvalue weighted by molar-refractivity contribution is 7.95. The van der Waals surface area contributed by atoms with E-state index in [1.54, 1.807) is 0 Å². The predicted molar refractivity (Wildman–Crippen MR) is 82.5 cm³/mol. The van der Waals surface area contributed by atoms with Crippen molar-refractivity contribution in [2.45, 2.75) is 26.7 Å². The minimum Gasteiger partial charge on any atom is -0.321 e. The number of allylic oxidation sites excluding steroid dienone is 3. The van der Waals surface area contributed by atoms with Crippen LogP contribution in [0.2, 0.25) is 0 Å². The van der Waals surface area contributed by atoms with Crippen molar-refractivity contribution in [2.75, 3.05) is 0 Å². The molecular weight excluding hydrogens is 259 g/mol. The van der Waals surface area contributed by atoms with Gasteiger partial charge in [-0.05, 0) is 49.0 Å². The second kappa shape index (κ2) is 8.02. The van der Waals surface area contributed by atoms with Gasteiger partial charge in [0.1, 0.15) is 5.82 Å². The number of rotatable bonds is 7. The van der Waals surface area contributed by atoms with Crippen molar-refractivity contribution in [3.05, 3.63) is 54.0 Å². The fourth-order valence-corrected chi connectivity index (χ4v) is 2.43. The number of halogens is 1. The monoisotopic (exact) mass is 280 g/mol. The van der Waals surface area contributed by atoms with Crippen molar-refractivity contribution in [2.24, 2.45) is 11.1 Å². The van der Waals surface area contributed by atoms with Crippen LogP contribution in [0.5, 0.6) is 0 Å². The van der Waals surface area contributed by atoms with Crippen molar-refractivity contribution >= 4 is 17.7 Å². The smallest absolute Gasteiger partial charge is 0.123 e. The van der Waals surface area contributed by atoms with Gasteiger partial charge in [-0.2, -0.15) is 0 Å². The lowest BCUT2D eigenvalue weighted by molar-refractivity contribution is 0.623. The highest BCUT2D eigenvalue weighted by Crippen LogP contribution is 2.30. The third kappa shape index (κ3) is 4.73. The Morgan fingerprint density at radius 2 is 2.11 bits per heavy atom. The molecule has 2 nitrogen and oxygen atoms in total. The van der Waals surface area contributed by atoms with Gasteiger partial charge in [-0.3, -0.25) is 5.14 Å². The number of hydrogen-bond donors (Lipinski definition) is 2. The van der Waals surface area contributed by atoms with Gasteiger partial charge in [-0.15, -0.1) is 0 Å². The van der Waals surface area contributed by atoms with Crippen LogP contribution in [0, 0.1) is 11.7 Å². The molecule has 0 saturated heterocycles. The third-order valence-corrected chi connectivity index (χ3v) is 3.52. The first-order valence-corrected chi connectivity index (χ1v) is 7.22. The van der Waals surface area contributed by atoms with Crippen molar-refractivity contribution in [3.63, 3.8) is 0 Å². The van der Waals surface area contributed by atoms with E-state index in [-0.39, 0.29) is 5.82 Å². The number of hydrogen-bond acceptors (Lipinski definition) is 3. The lowest BCUT2D eigenvalue weighted by Gasteiger charge is -2.20. The summed E-state index contributed by atoms with van der Waals surface area (Å²) in [6, 6.07) is 6.63. The Balaban J connectivity index is 2.87. The molecule has 1 aromatic carbocycles. The normalized spacial score (nSPS) is 13.2. The zero-order valence-corrected chi connectivity index (χ0v) is 12.3. The molecule has 0 amide bonds. The molecule has 1 rings (SSSR count). The molecule has 19 heavy (non-hydrogen) atoms. The van der Waals surface area contributed by atoms with Gasteiger partial charge in [-0.1, -0.05) is 31.7 Å². The van der Waals surface area contributed by atoms with Crippen LogP contribution in [0.3, 0.4) is 0 Å². The molecule has 0 fully saturated rings. The molecule has 0 spiro atoms. The molecule has 3 N–H and O–H groups in total. The molecule has 0 aliphatic heterocycles. The topological polar surface area (TPSA) is 38.0 Å². The highest BCUT2D eigenvalue weighted by Gasteiger charge is 2.15. The van der Waals surface area contributed by atoms with Crippen molar-refractivity contribution in [3.8, 4) is 0 Å². The fraction of sp³-hybridized carbons (Fsp3) is 0.333. The average molecular weight is 280 g/mol. The summed E-state index contributed by atoms with van der Waals surface area (Å²) in [6.07, 6.45) is 3.90. The Kier molecular flexibility index (Phi) is 6.67. The molecule has 4 heteroatoms. The van der Waals surface area contributed by atoms with E-state index in [1.807, 2.05) is 19.1 Å². The van der Waals surface area contributed by atoms with Gasteiger partial charge in [0.2, 0.25) is 0 Å². The maximum Gasteiger partial charge on any atom is 0.123 e. The number of benzene rings is 1. The van der Waals surface area contributed by atoms with E-state index in [9.17, 15) is 4.39 Å². The van der Waals surface area contributed by atoms with E-state index in [1.165, 1.54) is 17.7 Å². The van der Waals surface area contributed by atoms with Gasteiger partial charge in [0, 0.05) is 17.8 Å². The number of nitrogens with one attached hydrogen (secondary N) is 1. The largest absolute Gasteiger partial charge is 0.321 e. The SMILES string of the molecule is C=C(CC(CC)/C(=C\C)c1ccc(F)cc1)NSN. The van der Waals surface area contributed by atoms with Gasteiger partial charge >= 0.3 is 0 Å². The van der Waals surface area contributed by atoms with Crippen LogP contribution in [0.25, 0.3) is 5.57 Å². The summed E-state index contributed by atoms with van der Waals surface area (Å²) in [5.74, 6) is 0.139. The van der Waals surface area contributed by atoms with Crippen LogP contribution in [0.4, 0.5) is 4.39 Å². The second-order valence-electron chi connectivity index (χ2n) is 4.38. The molecule has 1 aromatic rings. The van der Waals surface area contributed by atoms with E-state index >= 15 is 0 Å². The van der Waals surface area contributed by atoms with Gasteiger partial charge in [0.25, 0.3) is 0 Å². The number of nitrogens with two attached hydrogens (primary N) is 1. The Labute approximate surface area is 119 Å². The third-order valence-electron chi connectivity index (χ3n) is 3.12. The standard InChI is InChI=1S/C15H21FN2S/c1-4-12(10-11(3)18-19-17)15(5-2)13-6-8-14(16)9-7-13/h5-9,12,18H,3-4,10,17H2,1-2H3/b15-5+. The molecule has 0 bridgehead atoms. The quantitative estimate of drug-likeness (QED) is 0.732. The molecule has 0 aromatic heterocycles. The summed E-state index contributed by atoms with van der Waals surface area (Å²) >= 11 is 1.06. The van der Waals surface area contributed by atoms with E-state index in [0.29, 0.717) is 5.92 Å². The second-order valence-corrected chi connectivity index (χ2v) is 4.82. The van der Waals surface area contributed by atoms with Crippen LogP contribution in [-0.4, -0.2) is 0 Å². The minimum atomic E-state index is -0.210. The van der Waals surface area contributed by atoms with Crippen LogP contribution in [0.1, 0.15) is 32.3 Å². The predicted octanol–water partition coefficient (Wildman–Crippen LogP) is 4.27. The van der Waals surface area contributed by atoms with Crippen molar-refractivity contribution < 1.29 is 4.39 Å². The Hall–Kier alpha value is -1.26. The maximum atomic E-state index is 13.0. The zero-order valence-electron chi connectivity index (χ0n) is 11.4. The molecular formula is C15H21FN2S. The summed E-state index contributed by atoms with van der Waals surface area (Å²) in [5, 5.41) is 5.37. The molecule has 1 unspecified atom stereocenters. The minimum absolute atomic E-state index is 0.210. The molecule has 0 aliphatic carbocycles. The Morgan fingerprint density at radius 1 is 1.47 bits per heavy atom. The average Bonchev–Trinajstić information content (AvgIpc) is 2.40. The summed E-state index contributed by atoms with van der Waals surface area (Å²) in [5.41, 5.74) is 3.18. The highest BCUT2D eigenvalue weighted by atomic mass is 32.2.